The van der Waals surface area contributed by atoms with E-state index in [1.165, 1.54) is 18.3 Å². The number of pyridine rings is 1. The van der Waals surface area contributed by atoms with Crippen molar-refractivity contribution in [3.05, 3.63) is 47.4 Å². The van der Waals surface area contributed by atoms with Gasteiger partial charge in [0.15, 0.2) is 0 Å². The Labute approximate surface area is 167 Å². The molecule has 5 rings (SSSR count). The molecule has 4 heterocycles. The number of amides is 1. The van der Waals surface area contributed by atoms with Crippen LogP contribution in [0.15, 0.2) is 36.5 Å². The van der Waals surface area contributed by atoms with Crippen LogP contribution in [0.4, 0.5) is 15.9 Å². The van der Waals surface area contributed by atoms with Crippen LogP contribution in [-0.2, 0) is 4.79 Å². The number of benzene rings is 1. The number of anilines is 2. The van der Waals surface area contributed by atoms with Crippen LogP contribution in [0.25, 0.3) is 0 Å². The molecule has 1 aromatic carbocycles. The van der Waals surface area contributed by atoms with Crippen molar-refractivity contribution in [1.82, 2.24) is 9.88 Å². The Morgan fingerprint density at radius 2 is 2.04 bits per heavy atom. The average Bonchev–Trinajstić information content (AvgIpc) is 3.38. The van der Waals surface area contributed by atoms with Crippen molar-refractivity contribution < 1.29 is 14.3 Å². The molecular formula is C20H20ClFN4O2. The largest absolute Gasteiger partial charge is 0.506 e. The summed E-state index contributed by atoms with van der Waals surface area (Å²) in [4.78, 5) is 23.6. The van der Waals surface area contributed by atoms with E-state index in [0.717, 1.165) is 31.7 Å². The van der Waals surface area contributed by atoms with Gasteiger partial charge in [-0.2, -0.15) is 0 Å². The van der Waals surface area contributed by atoms with Gasteiger partial charge in [0.25, 0.3) is 0 Å². The van der Waals surface area contributed by atoms with Gasteiger partial charge in [-0.3, -0.25) is 9.69 Å². The predicted molar refractivity (Wildman–Crippen MR) is 104 cm³/mol. The van der Waals surface area contributed by atoms with E-state index in [2.05, 4.69) is 14.8 Å². The monoisotopic (exact) mass is 402 g/mol. The summed E-state index contributed by atoms with van der Waals surface area (Å²) in [5.74, 6) is 0.544. The fourth-order valence-electron chi connectivity index (χ4n) is 4.79. The topological polar surface area (TPSA) is 59.9 Å². The molecule has 3 saturated heterocycles. The van der Waals surface area contributed by atoms with Gasteiger partial charge in [-0.1, -0.05) is 11.6 Å². The molecule has 2 bridgehead atoms. The molecule has 3 atom stereocenters. The number of piperazine rings is 1. The maximum absolute atomic E-state index is 13.8. The zero-order valence-electron chi connectivity index (χ0n) is 15.1. The summed E-state index contributed by atoms with van der Waals surface area (Å²) in [6.07, 6.45) is 3.20. The van der Waals surface area contributed by atoms with E-state index in [-0.39, 0.29) is 22.7 Å². The van der Waals surface area contributed by atoms with Crippen LogP contribution >= 0.6 is 11.6 Å². The number of nitrogens with zero attached hydrogens (tertiary/aromatic N) is 4. The minimum atomic E-state index is -0.507. The number of hydrogen-bond acceptors (Lipinski definition) is 5. The van der Waals surface area contributed by atoms with Gasteiger partial charge in [-0.05, 0) is 43.2 Å². The summed E-state index contributed by atoms with van der Waals surface area (Å²) in [5, 5.41) is 9.50. The maximum atomic E-state index is 13.8. The van der Waals surface area contributed by atoms with E-state index >= 15 is 0 Å². The predicted octanol–water partition coefficient (Wildman–Crippen LogP) is 2.65. The molecule has 0 unspecified atom stereocenters. The van der Waals surface area contributed by atoms with Crippen LogP contribution in [-0.4, -0.2) is 58.7 Å². The number of rotatable bonds is 3. The summed E-state index contributed by atoms with van der Waals surface area (Å²) in [6, 6.07) is 8.45. The summed E-state index contributed by atoms with van der Waals surface area (Å²) < 4.78 is 13.8. The fraction of sp³-hybridized carbons (Fsp3) is 0.400. The molecule has 8 heteroatoms. The van der Waals surface area contributed by atoms with Crippen molar-refractivity contribution in [3.8, 4) is 5.75 Å². The van der Waals surface area contributed by atoms with Crippen molar-refractivity contribution in [2.45, 2.75) is 31.0 Å². The highest BCUT2D eigenvalue weighted by atomic mass is 35.5. The van der Waals surface area contributed by atoms with Crippen LogP contribution in [0.5, 0.6) is 5.75 Å². The summed E-state index contributed by atoms with van der Waals surface area (Å²) >= 11 is 5.76. The number of carbonyl (C=O) groups excluding carboxylic acids is 1. The van der Waals surface area contributed by atoms with E-state index in [1.807, 2.05) is 6.07 Å². The third kappa shape index (κ3) is 2.81. The highest BCUT2D eigenvalue weighted by molar-refractivity contribution is 6.30. The standard InChI is InChI=1S/C20H20ClFN4O2/c21-16-3-1-12(8-17(16)22)24-6-5-18(20(24)28)25-10-14-7-13(25)11-26(14)19-4-2-15(27)9-23-19/h1-4,8-9,13-14,18,27H,5-7,10-11H2/t13-,14-,18+/m0/s1. The zero-order chi connectivity index (χ0) is 19.4. The lowest BCUT2D eigenvalue weighted by molar-refractivity contribution is -0.122. The van der Waals surface area contributed by atoms with E-state index in [1.54, 1.807) is 17.0 Å². The number of halogens is 2. The maximum Gasteiger partial charge on any atom is 0.244 e. The smallest absolute Gasteiger partial charge is 0.244 e. The van der Waals surface area contributed by atoms with Crippen LogP contribution in [0, 0.1) is 5.82 Å². The lowest BCUT2D eigenvalue weighted by Crippen LogP contribution is -2.53. The second kappa shape index (κ2) is 6.60. The van der Waals surface area contributed by atoms with Gasteiger partial charge >= 0.3 is 0 Å². The summed E-state index contributed by atoms with van der Waals surface area (Å²) in [6.45, 7) is 2.22. The molecule has 146 valence electrons. The lowest BCUT2D eigenvalue weighted by Gasteiger charge is -2.37. The molecule has 3 fully saturated rings. The molecule has 0 saturated carbocycles. The first-order valence-electron chi connectivity index (χ1n) is 9.45. The Bertz CT molecular complexity index is 925. The number of hydrogen-bond donors (Lipinski definition) is 1. The molecule has 2 aromatic rings. The van der Waals surface area contributed by atoms with Gasteiger partial charge < -0.3 is 14.9 Å². The van der Waals surface area contributed by atoms with Gasteiger partial charge in [0.1, 0.15) is 17.4 Å². The van der Waals surface area contributed by atoms with Gasteiger partial charge in [0, 0.05) is 37.4 Å². The Balaban J connectivity index is 1.29. The number of aromatic hydroxyl groups is 1. The third-order valence-corrected chi connectivity index (χ3v) is 6.41. The van der Waals surface area contributed by atoms with E-state index in [4.69, 9.17) is 11.6 Å². The number of carbonyl (C=O) groups is 1. The van der Waals surface area contributed by atoms with Gasteiger partial charge in [0.2, 0.25) is 5.91 Å². The van der Waals surface area contributed by atoms with Crippen molar-refractivity contribution in [2.75, 3.05) is 29.4 Å². The molecule has 1 aromatic heterocycles. The Morgan fingerprint density at radius 3 is 2.71 bits per heavy atom. The van der Waals surface area contributed by atoms with Gasteiger partial charge in [-0.15, -0.1) is 0 Å². The molecule has 28 heavy (non-hydrogen) atoms. The van der Waals surface area contributed by atoms with Crippen LogP contribution in [0.1, 0.15) is 12.8 Å². The first kappa shape index (κ1) is 17.7. The molecule has 0 spiro atoms. The minimum absolute atomic E-state index is 0.0311. The lowest BCUT2D eigenvalue weighted by atomic mass is 10.1. The number of aromatic nitrogens is 1. The molecule has 1 N–H and O–H groups in total. The second-order valence-corrected chi connectivity index (χ2v) is 8.07. The van der Waals surface area contributed by atoms with Crippen LogP contribution in [0.2, 0.25) is 5.02 Å². The van der Waals surface area contributed by atoms with Crippen molar-refractivity contribution in [1.29, 1.82) is 0 Å². The average molecular weight is 403 g/mol. The van der Waals surface area contributed by atoms with Crippen LogP contribution < -0.4 is 9.80 Å². The van der Waals surface area contributed by atoms with Gasteiger partial charge in [0.05, 0.1) is 17.3 Å². The summed E-state index contributed by atoms with van der Waals surface area (Å²) in [7, 11) is 0. The summed E-state index contributed by atoms with van der Waals surface area (Å²) in [5.41, 5.74) is 0.564. The second-order valence-electron chi connectivity index (χ2n) is 7.66. The van der Waals surface area contributed by atoms with Gasteiger partial charge in [-0.25, -0.2) is 9.37 Å². The van der Waals surface area contributed by atoms with Crippen molar-refractivity contribution >= 4 is 29.0 Å². The van der Waals surface area contributed by atoms with Crippen LogP contribution in [0.3, 0.4) is 0 Å². The highest BCUT2D eigenvalue weighted by Crippen LogP contribution is 2.38. The molecule has 1 amide bonds. The minimum Gasteiger partial charge on any atom is -0.506 e. The number of fused-ring (bicyclic) bond motifs is 2. The SMILES string of the molecule is O=C1[C@H](N2C[C@@H]3C[C@H]2CN3c2ccc(O)cn2)CCN1c1ccc(Cl)c(F)c1. The van der Waals surface area contributed by atoms with Crippen molar-refractivity contribution in [3.63, 3.8) is 0 Å². The first-order valence-corrected chi connectivity index (χ1v) is 9.83. The highest BCUT2D eigenvalue weighted by Gasteiger charge is 2.49. The third-order valence-electron chi connectivity index (χ3n) is 6.10. The van der Waals surface area contributed by atoms with Crippen molar-refractivity contribution in [2.24, 2.45) is 0 Å². The quantitative estimate of drug-likeness (QED) is 0.855. The van der Waals surface area contributed by atoms with E-state index < -0.39 is 5.82 Å². The molecular weight excluding hydrogens is 383 g/mol. The first-order chi connectivity index (χ1) is 13.5. The Morgan fingerprint density at radius 1 is 1.18 bits per heavy atom. The Hall–Kier alpha value is -2.38. The van der Waals surface area contributed by atoms with E-state index in [0.29, 0.717) is 24.3 Å². The molecule has 0 aliphatic carbocycles. The number of likely N-dealkylation sites (tertiary alicyclic amines) is 1. The fourth-order valence-corrected chi connectivity index (χ4v) is 4.91. The molecule has 6 nitrogen and oxygen atoms in total. The zero-order valence-corrected chi connectivity index (χ0v) is 15.9. The molecule has 0 radical (unpaired) electrons. The molecule has 3 aliphatic rings. The molecule has 3 aliphatic heterocycles. The Kier molecular flexibility index (Phi) is 4.17. The normalized spacial score (nSPS) is 27.2. The van der Waals surface area contributed by atoms with E-state index in [9.17, 15) is 14.3 Å².